The van der Waals surface area contributed by atoms with Crippen LogP contribution in [0.2, 0.25) is 0 Å². The normalized spacial score (nSPS) is 21.9. The van der Waals surface area contributed by atoms with E-state index in [0.717, 1.165) is 11.4 Å². The Morgan fingerprint density at radius 3 is 1.84 bits per heavy atom. The van der Waals surface area contributed by atoms with Crippen molar-refractivity contribution in [2.24, 2.45) is 0 Å². The summed E-state index contributed by atoms with van der Waals surface area (Å²) in [6.07, 6.45) is 12.1. The van der Waals surface area contributed by atoms with Gasteiger partial charge in [0, 0.05) is 24.8 Å². The Morgan fingerprint density at radius 1 is 0.760 bits per heavy atom. The van der Waals surface area contributed by atoms with Crippen LogP contribution >= 0.6 is 0 Å². The van der Waals surface area contributed by atoms with Gasteiger partial charge in [0.1, 0.15) is 0 Å². The minimum atomic E-state index is 0.670. The molecule has 0 aromatic carbocycles. The average molecular weight is 331 g/mol. The van der Waals surface area contributed by atoms with E-state index >= 15 is 0 Å². The highest BCUT2D eigenvalue weighted by molar-refractivity contribution is 6.11. The highest BCUT2D eigenvalue weighted by atomic mass is 15.4. The fourth-order valence-corrected chi connectivity index (χ4v) is 3.05. The van der Waals surface area contributed by atoms with E-state index in [0.29, 0.717) is 26.4 Å². The summed E-state index contributed by atoms with van der Waals surface area (Å²) in [5.41, 5.74) is 2.04. The molecule has 5 heterocycles. The predicted octanol–water partition coefficient (Wildman–Crippen LogP) is 0.357. The van der Waals surface area contributed by atoms with Crippen LogP contribution in [0.5, 0.6) is 0 Å². The Balaban J connectivity index is 1.39. The first-order valence-corrected chi connectivity index (χ1v) is 8.19. The number of rotatable bonds is 0. The van der Waals surface area contributed by atoms with Gasteiger partial charge in [0.15, 0.2) is 0 Å². The maximum atomic E-state index is 4.76. The number of pyridine rings is 1. The van der Waals surface area contributed by atoms with Crippen molar-refractivity contribution < 1.29 is 9.15 Å². The summed E-state index contributed by atoms with van der Waals surface area (Å²) in [6.45, 7) is 12.7. The van der Waals surface area contributed by atoms with E-state index in [2.05, 4.69) is 26.1 Å². The predicted molar refractivity (Wildman–Crippen MR) is 89.4 cm³/mol. The van der Waals surface area contributed by atoms with Crippen molar-refractivity contribution in [2.45, 2.75) is 13.1 Å². The van der Waals surface area contributed by atoms with E-state index in [1.54, 1.807) is 0 Å². The Labute approximate surface area is 147 Å². The smallest absolute Gasteiger partial charge is 0.340 e. The zero-order valence-corrected chi connectivity index (χ0v) is 13.7. The molecule has 122 valence electrons. The van der Waals surface area contributed by atoms with Gasteiger partial charge in [-0.05, 0) is 12.1 Å². The minimum absolute atomic E-state index is 0.670. The summed E-state index contributed by atoms with van der Waals surface area (Å²) < 4.78 is 4.01. The van der Waals surface area contributed by atoms with E-state index in [1.807, 2.05) is 78.1 Å². The van der Waals surface area contributed by atoms with Gasteiger partial charge in [-0.3, -0.25) is 14.8 Å². The van der Waals surface area contributed by atoms with Gasteiger partial charge in [0.25, 0.3) is 0 Å². The quantitative estimate of drug-likeness (QED) is 0.641. The zero-order chi connectivity index (χ0) is 16.6. The molecule has 0 spiro atoms. The molecule has 0 amide bonds. The summed E-state index contributed by atoms with van der Waals surface area (Å²) in [5.74, 6) is 0. The van der Waals surface area contributed by atoms with E-state index in [9.17, 15) is 0 Å². The van der Waals surface area contributed by atoms with Crippen LogP contribution in [0.15, 0.2) is 43.0 Å². The first-order valence-electron chi connectivity index (χ1n) is 8.19. The summed E-state index contributed by atoms with van der Waals surface area (Å²) in [5, 5.41) is 0. The molecule has 25 heavy (non-hydrogen) atoms. The molecular weight excluding hydrogens is 314 g/mol. The molecule has 6 radical (unpaired) electrons. The third kappa shape index (κ3) is 3.09. The third-order valence-electron chi connectivity index (χ3n) is 4.19. The van der Waals surface area contributed by atoms with Gasteiger partial charge >= 0.3 is 6.67 Å². The van der Waals surface area contributed by atoms with Gasteiger partial charge in [-0.15, -0.1) is 9.15 Å². The molecule has 0 unspecified atom stereocenters. The highest BCUT2D eigenvalue weighted by Crippen LogP contribution is 2.18. The first kappa shape index (κ1) is 14.5. The lowest BCUT2D eigenvalue weighted by atomic mass is 10.3. The lowest BCUT2D eigenvalue weighted by Gasteiger charge is -2.19. The number of fused-ring (bicyclic) bond motifs is 8. The van der Waals surface area contributed by atoms with Crippen molar-refractivity contribution in [3.63, 3.8) is 0 Å². The summed E-state index contributed by atoms with van der Waals surface area (Å²) in [4.78, 5) is 12.8. The number of hydrogen-bond donors (Lipinski definition) is 0. The topological polar surface area (TPSA) is 31.9 Å². The van der Waals surface area contributed by atoms with Crippen molar-refractivity contribution in [2.75, 3.05) is 13.3 Å². The lowest BCUT2D eigenvalue weighted by Crippen LogP contribution is -2.30. The SMILES string of the molecule is [C]1N2C=CN1C[N+]1=CC=[N+]([C]1)CN1[C]N(C=C1)Cc1cccc(n1)C2. The molecule has 1 aromatic heterocycles. The molecule has 7 nitrogen and oxygen atoms in total. The van der Waals surface area contributed by atoms with E-state index < -0.39 is 0 Å². The van der Waals surface area contributed by atoms with Crippen LogP contribution in [0.4, 0.5) is 0 Å². The van der Waals surface area contributed by atoms with Crippen LogP contribution in [0.1, 0.15) is 11.4 Å². The minimum Gasteiger partial charge on any atom is -0.340 e. The van der Waals surface area contributed by atoms with Gasteiger partial charge in [-0.25, -0.2) is 0 Å². The van der Waals surface area contributed by atoms with Gasteiger partial charge in [-0.1, -0.05) is 6.07 Å². The Bertz CT molecular complexity index is 733. The number of hydrogen-bond acceptors (Lipinski definition) is 5. The monoisotopic (exact) mass is 331 g/mol. The second-order valence-corrected chi connectivity index (χ2v) is 6.23. The molecule has 4 aliphatic heterocycles. The molecule has 0 saturated heterocycles. The average Bonchev–Trinajstić information content (AvgIpc) is 3.31. The second kappa shape index (κ2) is 5.91. The number of aromatic nitrogens is 1. The molecule has 0 atom stereocenters. The van der Waals surface area contributed by atoms with Crippen LogP contribution in [-0.4, -0.2) is 59.5 Å². The summed E-state index contributed by atoms with van der Waals surface area (Å²) in [6, 6.07) is 6.15. The fourth-order valence-electron chi connectivity index (χ4n) is 3.05. The van der Waals surface area contributed by atoms with E-state index in [1.165, 1.54) is 0 Å². The fraction of sp³-hybridized carbons (Fsp3) is 0.222. The molecule has 0 saturated carbocycles. The molecule has 7 heteroatoms. The standard InChI is InChI=1S/C18H17N7/c1-2-17-10-20-4-6-22(12-20)14-24-8-9-25(16-24)15-23-7-5-21(13-23)11-18(3-1)19-17/h1-9H,10-11,14-15H2/q+2. The van der Waals surface area contributed by atoms with Gasteiger partial charge < -0.3 is 9.80 Å². The van der Waals surface area contributed by atoms with Crippen LogP contribution in [0.3, 0.4) is 0 Å². The molecule has 1 aromatic rings. The van der Waals surface area contributed by atoms with Crippen LogP contribution in [0.25, 0.3) is 0 Å². The van der Waals surface area contributed by atoms with E-state index in [-0.39, 0.29) is 0 Å². The zero-order valence-electron chi connectivity index (χ0n) is 13.7. The van der Waals surface area contributed by atoms with Crippen LogP contribution in [0, 0.1) is 20.0 Å². The molecular formula is C18H17N7+2. The van der Waals surface area contributed by atoms with Crippen molar-refractivity contribution in [1.29, 1.82) is 0 Å². The van der Waals surface area contributed by atoms with Crippen LogP contribution < -0.4 is 0 Å². The summed E-state index contributed by atoms with van der Waals surface area (Å²) >= 11 is 0. The van der Waals surface area contributed by atoms with Crippen LogP contribution in [-0.2, 0) is 13.1 Å². The number of nitrogens with zero attached hydrogens (tertiary/aromatic N) is 7. The molecule has 5 rings (SSSR count). The summed E-state index contributed by atoms with van der Waals surface area (Å²) in [7, 11) is 0. The van der Waals surface area contributed by atoms with Crippen molar-refractivity contribution in [1.82, 2.24) is 24.6 Å². The molecule has 0 fully saturated rings. The van der Waals surface area contributed by atoms with Crippen molar-refractivity contribution in [3.8, 4) is 0 Å². The first-order chi connectivity index (χ1) is 12.3. The third-order valence-corrected chi connectivity index (χ3v) is 4.19. The highest BCUT2D eigenvalue weighted by Gasteiger charge is 2.33. The lowest BCUT2D eigenvalue weighted by molar-refractivity contribution is -0.668. The molecule has 8 bridgehead atoms. The second-order valence-electron chi connectivity index (χ2n) is 6.23. The maximum Gasteiger partial charge on any atom is 0.647 e. The van der Waals surface area contributed by atoms with Crippen molar-refractivity contribution >= 4 is 12.4 Å². The Morgan fingerprint density at radius 2 is 1.28 bits per heavy atom. The molecule has 4 aliphatic rings. The Kier molecular flexibility index (Phi) is 3.43. The van der Waals surface area contributed by atoms with Gasteiger partial charge in [0.2, 0.25) is 39.1 Å². The molecule has 0 N–H and O–H groups in total. The molecule has 0 aliphatic carbocycles. The largest absolute Gasteiger partial charge is 0.647 e. The Hall–Kier alpha value is -2.83. The van der Waals surface area contributed by atoms with Gasteiger partial charge in [-0.2, -0.15) is 0 Å². The maximum absolute atomic E-state index is 4.76. The van der Waals surface area contributed by atoms with Gasteiger partial charge in [0.05, 0.1) is 24.5 Å². The van der Waals surface area contributed by atoms with Crippen molar-refractivity contribution in [3.05, 3.63) is 74.4 Å². The van der Waals surface area contributed by atoms with E-state index in [4.69, 9.17) is 4.98 Å².